The topological polar surface area (TPSA) is 32.5 Å². The summed E-state index contributed by atoms with van der Waals surface area (Å²) in [4.78, 5) is 5.08. The molecule has 0 bridgehead atoms. The summed E-state index contributed by atoms with van der Waals surface area (Å²) in [7, 11) is 0. The third-order valence-electron chi connectivity index (χ3n) is 4.36. The third kappa shape index (κ3) is 3.97. The Balaban J connectivity index is 1.88. The fourth-order valence-electron chi connectivity index (χ4n) is 3.06. The zero-order chi connectivity index (χ0) is 14.4. The van der Waals surface area contributed by atoms with Crippen molar-refractivity contribution in [1.82, 2.24) is 4.90 Å². The first-order valence-electron chi connectivity index (χ1n) is 8.00. The van der Waals surface area contributed by atoms with E-state index in [1.165, 1.54) is 30.5 Å². The van der Waals surface area contributed by atoms with Crippen molar-refractivity contribution in [2.45, 2.75) is 39.2 Å². The van der Waals surface area contributed by atoms with Gasteiger partial charge in [-0.15, -0.1) is 0 Å². The normalized spacial score (nSPS) is 18.2. The Hall–Kier alpha value is -1.06. The minimum absolute atomic E-state index is 0.578. The highest BCUT2D eigenvalue weighted by atomic mass is 15.3. The molecule has 1 aromatic rings. The molecule has 20 heavy (non-hydrogen) atoms. The molecule has 0 radical (unpaired) electrons. The van der Waals surface area contributed by atoms with Crippen LogP contribution < -0.4 is 10.6 Å². The van der Waals surface area contributed by atoms with Gasteiger partial charge in [0.05, 0.1) is 0 Å². The molecule has 2 N–H and O–H groups in total. The van der Waals surface area contributed by atoms with E-state index in [2.05, 4.69) is 47.9 Å². The molecule has 1 atom stereocenters. The van der Waals surface area contributed by atoms with E-state index in [-0.39, 0.29) is 0 Å². The smallest absolute Gasteiger partial charge is 0.0369 e. The van der Waals surface area contributed by atoms with Crippen molar-refractivity contribution in [3.8, 4) is 0 Å². The Morgan fingerprint density at radius 3 is 2.55 bits per heavy atom. The molecule has 3 nitrogen and oxygen atoms in total. The van der Waals surface area contributed by atoms with Crippen LogP contribution in [-0.4, -0.2) is 43.7 Å². The lowest BCUT2D eigenvalue weighted by Gasteiger charge is -2.40. The molecule has 1 aliphatic rings. The Kier molecular flexibility index (Phi) is 5.86. The molecular weight excluding hydrogens is 246 g/mol. The minimum atomic E-state index is 0.578. The largest absolute Gasteiger partial charge is 0.369 e. The highest BCUT2D eigenvalue weighted by Crippen LogP contribution is 2.19. The second kappa shape index (κ2) is 7.65. The average molecular weight is 275 g/mol. The summed E-state index contributed by atoms with van der Waals surface area (Å²) in [6, 6.07) is 9.40. The van der Waals surface area contributed by atoms with Crippen LogP contribution in [0.3, 0.4) is 0 Å². The number of piperazine rings is 1. The number of nitrogens with two attached hydrogens (primary N) is 1. The van der Waals surface area contributed by atoms with Crippen LogP contribution in [0.5, 0.6) is 0 Å². The van der Waals surface area contributed by atoms with Gasteiger partial charge < -0.3 is 10.6 Å². The van der Waals surface area contributed by atoms with Crippen LogP contribution in [0.4, 0.5) is 5.69 Å². The molecule has 0 aromatic heterocycles. The van der Waals surface area contributed by atoms with Crippen molar-refractivity contribution in [2.24, 2.45) is 5.73 Å². The Bertz CT molecular complexity index is 397. The molecule has 1 unspecified atom stereocenters. The average Bonchev–Trinajstić information content (AvgIpc) is 2.49. The predicted octanol–water partition coefficient (Wildman–Crippen LogP) is 2.63. The summed E-state index contributed by atoms with van der Waals surface area (Å²) in [5.41, 5.74) is 8.66. The molecule has 1 saturated heterocycles. The van der Waals surface area contributed by atoms with Crippen LogP contribution in [0, 0.1) is 6.92 Å². The van der Waals surface area contributed by atoms with Gasteiger partial charge in [-0.25, -0.2) is 0 Å². The van der Waals surface area contributed by atoms with Gasteiger partial charge in [-0.2, -0.15) is 0 Å². The van der Waals surface area contributed by atoms with Crippen LogP contribution in [0.25, 0.3) is 0 Å². The van der Waals surface area contributed by atoms with E-state index in [4.69, 9.17) is 5.73 Å². The monoisotopic (exact) mass is 275 g/mol. The van der Waals surface area contributed by atoms with Crippen molar-refractivity contribution >= 4 is 5.69 Å². The number of hydrogen-bond donors (Lipinski definition) is 1. The van der Waals surface area contributed by atoms with Gasteiger partial charge in [0.2, 0.25) is 0 Å². The Morgan fingerprint density at radius 2 is 1.95 bits per heavy atom. The molecule has 112 valence electrons. The second-order valence-corrected chi connectivity index (χ2v) is 5.89. The number of hydrogen-bond acceptors (Lipinski definition) is 3. The highest BCUT2D eigenvalue weighted by Gasteiger charge is 2.22. The van der Waals surface area contributed by atoms with Gasteiger partial charge in [0.15, 0.2) is 0 Å². The second-order valence-electron chi connectivity index (χ2n) is 5.89. The lowest BCUT2D eigenvalue weighted by molar-refractivity contribution is 0.178. The molecule has 3 heteroatoms. The molecular formula is C17H29N3. The van der Waals surface area contributed by atoms with Gasteiger partial charge in [-0.1, -0.05) is 31.9 Å². The molecule has 0 saturated carbocycles. The summed E-state index contributed by atoms with van der Waals surface area (Å²) in [5.74, 6) is 0. The van der Waals surface area contributed by atoms with Gasteiger partial charge in [0, 0.05) is 44.5 Å². The van der Waals surface area contributed by atoms with Crippen LogP contribution in [0.15, 0.2) is 24.3 Å². The lowest BCUT2D eigenvalue weighted by atomic mass is 10.1. The first-order valence-corrected chi connectivity index (χ1v) is 8.00. The van der Waals surface area contributed by atoms with Gasteiger partial charge in [0.1, 0.15) is 0 Å². The van der Waals surface area contributed by atoms with Crippen molar-refractivity contribution in [1.29, 1.82) is 0 Å². The summed E-state index contributed by atoms with van der Waals surface area (Å²) in [6.45, 7) is 9.72. The van der Waals surface area contributed by atoms with E-state index in [0.29, 0.717) is 6.04 Å². The third-order valence-corrected chi connectivity index (χ3v) is 4.36. The minimum Gasteiger partial charge on any atom is -0.369 e. The summed E-state index contributed by atoms with van der Waals surface area (Å²) < 4.78 is 0. The summed E-state index contributed by atoms with van der Waals surface area (Å²) >= 11 is 0. The van der Waals surface area contributed by atoms with E-state index >= 15 is 0 Å². The number of benzene rings is 1. The van der Waals surface area contributed by atoms with Crippen molar-refractivity contribution in [3.05, 3.63) is 29.8 Å². The molecule has 0 aliphatic carbocycles. The number of anilines is 1. The maximum Gasteiger partial charge on any atom is 0.0369 e. The predicted molar refractivity (Wildman–Crippen MR) is 87.3 cm³/mol. The van der Waals surface area contributed by atoms with Crippen LogP contribution in [0.2, 0.25) is 0 Å². The molecule has 1 heterocycles. The maximum absolute atomic E-state index is 5.95. The molecule has 0 amide bonds. The maximum atomic E-state index is 5.95. The molecule has 1 aliphatic heterocycles. The van der Waals surface area contributed by atoms with Crippen LogP contribution in [-0.2, 0) is 0 Å². The van der Waals surface area contributed by atoms with E-state index in [1.54, 1.807) is 0 Å². The molecule has 1 aromatic carbocycles. The van der Waals surface area contributed by atoms with Gasteiger partial charge in [-0.05, 0) is 31.0 Å². The van der Waals surface area contributed by atoms with Gasteiger partial charge in [0.25, 0.3) is 0 Å². The molecule has 0 spiro atoms. The number of nitrogens with zero attached hydrogens (tertiary/aromatic N) is 2. The standard InChI is InChI=1S/C17H29N3/c1-3-4-7-17(14-18)20-11-9-19(10-12-20)16-8-5-6-15(2)13-16/h5-6,8,13,17H,3-4,7,9-12,14,18H2,1-2H3. The Labute approximate surface area is 123 Å². The number of aryl methyl sites for hydroxylation is 1. The first-order chi connectivity index (χ1) is 9.74. The van der Waals surface area contributed by atoms with Crippen molar-refractivity contribution in [3.63, 3.8) is 0 Å². The molecule has 1 fully saturated rings. The van der Waals surface area contributed by atoms with E-state index < -0.39 is 0 Å². The SMILES string of the molecule is CCCCC(CN)N1CCN(c2cccc(C)c2)CC1. The van der Waals surface area contributed by atoms with Gasteiger partial charge in [-0.3, -0.25) is 4.90 Å². The lowest BCUT2D eigenvalue weighted by Crippen LogP contribution is -2.52. The fraction of sp³-hybridized carbons (Fsp3) is 0.647. The number of unbranched alkanes of at least 4 members (excludes halogenated alkanes) is 1. The summed E-state index contributed by atoms with van der Waals surface area (Å²) in [5, 5.41) is 0. The first kappa shape index (κ1) is 15.3. The van der Waals surface area contributed by atoms with Crippen molar-refractivity contribution < 1.29 is 0 Å². The van der Waals surface area contributed by atoms with Crippen LogP contribution >= 0.6 is 0 Å². The van der Waals surface area contributed by atoms with Crippen LogP contribution in [0.1, 0.15) is 31.7 Å². The van der Waals surface area contributed by atoms with E-state index in [0.717, 1.165) is 32.7 Å². The van der Waals surface area contributed by atoms with E-state index in [1.807, 2.05) is 0 Å². The summed E-state index contributed by atoms with van der Waals surface area (Å²) in [6.07, 6.45) is 3.80. The highest BCUT2D eigenvalue weighted by molar-refractivity contribution is 5.48. The quantitative estimate of drug-likeness (QED) is 0.866. The Morgan fingerprint density at radius 1 is 1.20 bits per heavy atom. The zero-order valence-corrected chi connectivity index (χ0v) is 13.0. The fourth-order valence-corrected chi connectivity index (χ4v) is 3.06. The number of rotatable bonds is 6. The van der Waals surface area contributed by atoms with E-state index in [9.17, 15) is 0 Å². The molecule has 2 rings (SSSR count). The zero-order valence-electron chi connectivity index (χ0n) is 13.0. The van der Waals surface area contributed by atoms with Gasteiger partial charge >= 0.3 is 0 Å². The van der Waals surface area contributed by atoms with Crippen molar-refractivity contribution in [2.75, 3.05) is 37.6 Å².